The van der Waals surface area contributed by atoms with Crippen LogP contribution in [0.1, 0.15) is 50.7 Å². The van der Waals surface area contributed by atoms with Crippen molar-refractivity contribution in [2.45, 2.75) is 101 Å². The van der Waals surface area contributed by atoms with E-state index in [0.717, 1.165) is 11.1 Å². The minimum absolute atomic E-state index is 0.0361. The van der Waals surface area contributed by atoms with Crippen LogP contribution in [0.5, 0.6) is 5.75 Å². The Labute approximate surface area is 256 Å². The normalized spacial score (nSPS) is 32.7. The standard InChI is InChI=1S/C29H47NO14/c1-14(2)16-6-5-7-17(15(3)4)26(16)44-29(39)30(8-10-40-27-24(37)22(35)20(33)18(12-31)42-27)9-11-41-28-25(38)23(36)21(34)19(13-32)43-28/h5-7,14-15,18-25,27-28,31-38H,8-13H2,1-4H3/t18?,19?,20-,21-,22?,23?,24-,25-,27?,28?/m1/s1. The predicted octanol–water partition coefficient (Wildman–Crippen LogP) is -1.63. The van der Waals surface area contributed by atoms with E-state index in [1.165, 1.54) is 4.90 Å². The predicted molar refractivity (Wildman–Crippen MR) is 152 cm³/mol. The second kappa shape index (κ2) is 16.5. The SMILES string of the molecule is CC(C)c1cccc(C(C)C)c1OC(=O)N(CCOC1OC(CO)[C@@H](O)C(O)[C@H]1O)CCOC1OC(CO)[C@@H](O)C(O)[C@H]1O. The number of para-hydroxylation sites is 1. The molecule has 2 aliphatic rings. The van der Waals surface area contributed by atoms with E-state index in [-0.39, 0.29) is 38.1 Å². The molecule has 15 nitrogen and oxygen atoms in total. The van der Waals surface area contributed by atoms with Crippen molar-refractivity contribution in [1.29, 1.82) is 0 Å². The molecule has 0 spiro atoms. The number of nitrogens with zero attached hydrogens (tertiary/aromatic N) is 1. The van der Waals surface area contributed by atoms with Gasteiger partial charge < -0.3 is 69.4 Å². The van der Waals surface area contributed by atoms with Gasteiger partial charge in [-0.2, -0.15) is 0 Å². The van der Waals surface area contributed by atoms with E-state index >= 15 is 0 Å². The van der Waals surface area contributed by atoms with Crippen LogP contribution in [0.3, 0.4) is 0 Å². The highest BCUT2D eigenvalue weighted by molar-refractivity contribution is 5.72. The van der Waals surface area contributed by atoms with Gasteiger partial charge in [-0.1, -0.05) is 45.9 Å². The third kappa shape index (κ3) is 8.63. The molecule has 2 fully saturated rings. The fourth-order valence-electron chi connectivity index (χ4n) is 5.02. The maximum Gasteiger partial charge on any atom is 0.415 e. The van der Waals surface area contributed by atoms with Gasteiger partial charge in [0.05, 0.1) is 26.4 Å². The molecular weight excluding hydrogens is 586 g/mol. The van der Waals surface area contributed by atoms with Crippen molar-refractivity contribution in [1.82, 2.24) is 4.90 Å². The molecule has 10 atom stereocenters. The van der Waals surface area contributed by atoms with Gasteiger partial charge in [-0.05, 0) is 23.0 Å². The van der Waals surface area contributed by atoms with Gasteiger partial charge in [0.25, 0.3) is 0 Å². The topological polar surface area (TPSA) is 228 Å². The van der Waals surface area contributed by atoms with Gasteiger partial charge >= 0.3 is 6.09 Å². The van der Waals surface area contributed by atoms with Crippen LogP contribution >= 0.6 is 0 Å². The largest absolute Gasteiger partial charge is 0.415 e. The van der Waals surface area contributed by atoms with Crippen LogP contribution < -0.4 is 4.74 Å². The van der Waals surface area contributed by atoms with Crippen molar-refractivity contribution in [2.24, 2.45) is 0 Å². The van der Waals surface area contributed by atoms with E-state index in [9.17, 15) is 45.6 Å². The molecule has 1 amide bonds. The number of rotatable bonds is 13. The van der Waals surface area contributed by atoms with Crippen LogP contribution in [0.2, 0.25) is 0 Å². The quantitative estimate of drug-likeness (QED) is 0.122. The number of carbonyl (C=O) groups is 1. The lowest BCUT2D eigenvalue weighted by molar-refractivity contribution is -0.302. The summed E-state index contributed by atoms with van der Waals surface area (Å²) in [5, 5.41) is 79.5. The molecule has 15 heteroatoms. The first kappa shape index (κ1) is 36.5. The Bertz CT molecular complexity index is 971. The Morgan fingerprint density at radius 1 is 0.727 bits per heavy atom. The summed E-state index contributed by atoms with van der Waals surface area (Å²) in [6.45, 7) is 5.88. The molecule has 0 radical (unpaired) electrons. The summed E-state index contributed by atoms with van der Waals surface area (Å²) in [6, 6.07) is 5.63. The van der Waals surface area contributed by atoms with Crippen molar-refractivity contribution in [2.75, 3.05) is 39.5 Å². The summed E-state index contributed by atoms with van der Waals surface area (Å²) in [4.78, 5) is 14.8. The van der Waals surface area contributed by atoms with Gasteiger partial charge in [0.1, 0.15) is 54.6 Å². The summed E-state index contributed by atoms with van der Waals surface area (Å²) in [6.07, 6.45) is -15.6. The molecule has 3 rings (SSSR count). The number of carbonyl (C=O) groups excluding carboxylic acids is 1. The van der Waals surface area contributed by atoms with Crippen LogP contribution in [0.4, 0.5) is 4.79 Å². The van der Waals surface area contributed by atoms with Gasteiger partial charge in [0.2, 0.25) is 0 Å². The summed E-state index contributed by atoms with van der Waals surface area (Å²) in [5.74, 6) is 0.486. The fraction of sp³-hybridized carbons (Fsp3) is 0.759. The Kier molecular flexibility index (Phi) is 13.7. The van der Waals surface area contributed by atoms with Crippen LogP contribution in [-0.4, -0.2) is 153 Å². The molecule has 2 aliphatic heterocycles. The van der Waals surface area contributed by atoms with Gasteiger partial charge in [-0.25, -0.2) is 4.79 Å². The van der Waals surface area contributed by atoms with Crippen molar-refractivity contribution < 1.29 is 69.3 Å². The van der Waals surface area contributed by atoms with Gasteiger partial charge in [0.15, 0.2) is 12.6 Å². The number of ether oxygens (including phenoxy) is 5. The van der Waals surface area contributed by atoms with Gasteiger partial charge in [-0.3, -0.25) is 0 Å². The van der Waals surface area contributed by atoms with E-state index in [2.05, 4.69) is 0 Å². The maximum atomic E-state index is 13.6. The number of aliphatic hydroxyl groups is 8. The molecule has 8 N–H and O–H groups in total. The third-order valence-electron chi connectivity index (χ3n) is 7.75. The van der Waals surface area contributed by atoms with Crippen molar-refractivity contribution in [3.8, 4) is 5.75 Å². The lowest BCUT2D eigenvalue weighted by Gasteiger charge is -2.40. The highest BCUT2D eigenvalue weighted by Gasteiger charge is 2.45. The lowest BCUT2D eigenvalue weighted by Crippen LogP contribution is -2.59. The first-order chi connectivity index (χ1) is 20.8. The van der Waals surface area contributed by atoms with Crippen molar-refractivity contribution in [3.63, 3.8) is 0 Å². The zero-order valence-electron chi connectivity index (χ0n) is 25.4. The molecule has 2 heterocycles. The summed E-state index contributed by atoms with van der Waals surface area (Å²) < 4.78 is 27.8. The van der Waals surface area contributed by atoms with Gasteiger partial charge in [-0.15, -0.1) is 0 Å². The monoisotopic (exact) mass is 633 g/mol. The molecule has 44 heavy (non-hydrogen) atoms. The molecule has 6 unspecified atom stereocenters. The second-order valence-electron chi connectivity index (χ2n) is 11.6. The van der Waals surface area contributed by atoms with E-state index in [4.69, 9.17) is 23.7 Å². The summed E-state index contributed by atoms with van der Waals surface area (Å²) in [5.41, 5.74) is 1.64. The van der Waals surface area contributed by atoms with Crippen LogP contribution in [0, 0.1) is 0 Å². The third-order valence-corrected chi connectivity index (χ3v) is 7.75. The van der Waals surface area contributed by atoms with Crippen molar-refractivity contribution >= 4 is 6.09 Å². The molecule has 2 saturated heterocycles. The van der Waals surface area contributed by atoms with E-state index < -0.39 is 80.7 Å². The Morgan fingerprint density at radius 3 is 1.50 bits per heavy atom. The van der Waals surface area contributed by atoms with E-state index in [1.807, 2.05) is 45.9 Å². The van der Waals surface area contributed by atoms with Crippen molar-refractivity contribution in [3.05, 3.63) is 29.3 Å². The zero-order valence-corrected chi connectivity index (χ0v) is 25.4. The highest BCUT2D eigenvalue weighted by atomic mass is 16.7. The minimum atomic E-state index is -1.64. The fourth-order valence-corrected chi connectivity index (χ4v) is 5.02. The molecular formula is C29H47NO14. The number of amides is 1. The van der Waals surface area contributed by atoms with Gasteiger partial charge in [0, 0.05) is 13.1 Å². The summed E-state index contributed by atoms with van der Waals surface area (Å²) >= 11 is 0. The average molecular weight is 634 g/mol. The Morgan fingerprint density at radius 2 is 1.14 bits per heavy atom. The molecule has 1 aromatic rings. The molecule has 0 saturated carbocycles. The smallest absolute Gasteiger partial charge is 0.410 e. The van der Waals surface area contributed by atoms with Crippen LogP contribution in [0.25, 0.3) is 0 Å². The highest BCUT2D eigenvalue weighted by Crippen LogP contribution is 2.35. The van der Waals surface area contributed by atoms with E-state index in [0.29, 0.717) is 5.75 Å². The van der Waals surface area contributed by atoms with E-state index in [1.54, 1.807) is 0 Å². The summed E-state index contributed by atoms with van der Waals surface area (Å²) in [7, 11) is 0. The number of aliphatic hydroxyl groups excluding tert-OH is 8. The molecule has 1 aromatic carbocycles. The average Bonchev–Trinajstić information content (AvgIpc) is 2.99. The number of hydrogen-bond acceptors (Lipinski definition) is 14. The number of benzene rings is 1. The first-order valence-corrected chi connectivity index (χ1v) is 14.8. The molecule has 0 aromatic heterocycles. The lowest BCUT2D eigenvalue weighted by atomic mass is 9.94. The Hall–Kier alpha value is -1.99. The Balaban J connectivity index is 1.74. The van der Waals surface area contributed by atoms with Crippen LogP contribution in [-0.2, 0) is 18.9 Å². The molecule has 0 aliphatic carbocycles. The molecule has 0 bridgehead atoms. The second-order valence-corrected chi connectivity index (χ2v) is 11.6. The van der Waals surface area contributed by atoms with Crippen LogP contribution in [0.15, 0.2) is 18.2 Å². The molecule has 252 valence electrons. The maximum absolute atomic E-state index is 13.6. The zero-order chi connectivity index (χ0) is 32.7. The minimum Gasteiger partial charge on any atom is -0.410 e. The first-order valence-electron chi connectivity index (χ1n) is 14.8. The number of hydrogen-bond donors (Lipinski definition) is 8.